The molecule has 150 valence electrons. The van der Waals surface area contributed by atoms with E-state index in [1.807, 2.05) is 0 Å². The quantitative estimate of drug-likeness (QED) is 0.554. The molecule has 5 nitrogen and oxygen atoms in total. The van der Waals surface area contributed by atoms with Crippen molar-refractivity contribution in [2.24, 2.45) is 0 Å². The number of sulfone groups is 1. The first kappa shape index (κ1) is 19.9. The van der Waals surface area contributed by atoms with E-state index in [0.717, 1.165) is 12.8 Å². The van der Waals surface area contributed by atoms with Crippen molar-refractivity contribution in [1.29, 1.82) is 0 Å². The Labute approximate surface area is 154 Å². The summed E-state index contributed by atoms with van der Waals surface area (Å²) in [7, 11) is -3.25. The molecule has 0 aromatic heterocycles. The minimum absolute atomic E-state index is 0.0343. The van der Waals surface area contributed by atoms with E-state index in [2.05, 4.69) is 0 Å². The topological polar surface area (TPSA) is 63.7 Å². The van der Waals surface area contributed by atoms with Gasteiger partial charge in [-0.15, -0.1) is 0 Å². The van der Waals surface area contributed by atoms with Crippen LogP contribution in [-0.2, 0) is 14.6 Å². The molecule has 1 atom stereocenters. The molecule has 3 rings (SSSR count). The Bertz CT molecular complexity index is 814. The smallest absolute Gasteiger partial charge is 0.261 e. The molecule has 1 saturated heterocycles. The zero-order valence-electron chi connectivity index (χ0n) is 14.4. The highest BCUT2D eigenvalue weighted by molar-refractivity contribution is 7.91. The van der Waals surface area contributed by atoms with Gasteiger partial charge in [0.1, 0.15) is 0 Å². The average molecular weight is 409 g/mol. The largest absolute Gasteiger partial charge is 0.477 e. The number of carbonyl (C=O) groups excluding carboxylic acids is 1. The molecule has 1 unspecified atom stereocenters. The summed E-state index contributed by atoms with van der Waals surface area (Å²) in [5, 5.41) is 0. The van der Waals surface area contributed by atoms with Gasteiger partial charge in [-0.05, 0) is 19.3 Å². The predicted octanol–water partition coefficient (Wildman–Crippen LogP) is 2.58. The van der Waals surface area contributed by atoms with Gasteiger partial charge in [-0.2, -0.15) is 8.78 Å². The van der Waals surface area contributed by atoms with E-state index in [0.29, 0.717) is 12.8 Å². The lowest BCUT2D eigenvalue weighted by atomic mass is 10.1. The molecular formula is C17H19F4NO4S. The molecule has 0 N–H and O–H groups in total. The van der Waals surface area contributed by atoms with Gasteiger partial charge in [0.25, 0.3) is 5.91 Å². The Morgan fingerprint density at radius 3 is 2.15 bits per heavy atom. The maximum atomic E-state index is 13.7. The molecule has 1 amide bonds. The highest BCUT2D eigenvalue weighted by Crippen LogP contribution is 2.30. The first-order valence-corrected chi connectivity index (χ1v) is 10.5. The fourth-order valence-corrected chi connectivity index (χ4v) is 5.48. The third-order valence-corrected chi connectivity index (χ3v) is 6.77. The van der Waals surface area contributed by atoms with Crippen LogP contribution in [0.1, 0.15) is 32.1 Å². The summed E-state index contributed by atoms with van der Waals surface area (Å²) in [6.45, 7) is -0.843. The van der Waals surface area contributed by atoms with Crippen molar-refractivity contribution in [3.63, 3.8) is 0 Å². The zero-order chi connectivity index (χ0) is 19.8. The van der Waals surface area contributed by atoms with E-state index >= 15 is 0 Å². The maximum Gasteiger partial charge on any atom is 0.261 e. The van der Waals surface area contributed by atoms with Crippen molar-refractivity contribution in [1.82, 2.24) is 4.90 Å². The fraction of sp³-hybridized carbons (Fsp3) is 0.588. The molecule has 10 heteroatoms. The van der Waals surface area contributed by atoms with Gasteiger partial charge >= 0.3 is 0 Å². The SMILES string of the molecule is O=C(COc1c(F)c(F)cc(F)c1F)N(C1CCCC1)C1CCS(=O)(=O)C1. The minimum Gasteiger partial charge on any atom is -0.477 e. The highest BCUT2D eigenvalue weighted by atomic mass is 32.2. The molecular weight excluding hydrogens is 390 g/mol. The van der Waals surface area contributed by atoms with Crippen LogP contribution >= 0.6 is 0 Å². The number of rotatable bonds is 5. The van der Waals surface area contributed by atoms with E-state index in [1.165, 1.54) is 4.90 Å². The Morgan fingerprint density at radius 2 is 1.63 bits per heavy atom. The second-order valence-electron chi connectivity index (χ2n) is 6.88. The Morgan fingerprint density at radius 1 is 1.04 bits per heavy atom. The average Bonchev–Trinajstić information content (AvgIpc) is 3.23. The predicted molar refractivity (Wildman–Crippen MR) is 87.9 cm³/mol. The maximum absolute atomic E-state index is 13.7. The first-order valence-electron chi connectivity index (χ1n) is 8.67. The van der Waals surface area contributed by atoms with E-state index in [1.54, 1.807) is 0 Å². The molecule has 0 bridgehead atoms. The van der Waals surface area contributed by atoms with E-state index < -0.39 is 57.4 Å². The first-order chi connectivity index (χ1) is 12.7. The molecule has 1 saturated carbocycles. The lowest BCUT2D eigenvalue weighted by Gasteiger charge is -2.34. The van der Waals surface area contributed by atoms with Gasteiger partial charge in [-0.1, -0.05) is 12.8 Å². The summed E-state index contributed by atoms with van der Waals surface area (Å²) in [4.78, 5) is 14.1. The van der Waals surface area contributed by atoms with Crippen molar-refractivity contribution in [3.8, 4) is 5.75 Å². The third kappa shape index (κ3) is 4.20. The number of halogens is 4. The normalized spacial score (nSPS) is 22.1. The van der Waals surface area contributed by atoms with Gasteiger partial charge in [-0.25, -0.2) is 17.2 Å². The van der Waals surface area contributed by atoms with Gasteiger partial charge in [0.2, 0.25) is 11.6 Å². The van der Waals surface area contributed by atoms with E-state index in [9.17, 15) is 30.8 Å². The molecule has 0 spiro atoms. The molecule has 2 fully saturated rings. The zero-order valence-corrected chi connectivity index (χ0v) is 15.2. The number of hydrogen-bond donors (Lipinski definition) is 0. The second kappa shape index (κ2) is 7.65. The van der Waals surface area contributed by atoms with Crippen LogP contribution in [0.2, 0.25) is 0 Å². The van der Waals surface area contributed by atoms with Crippen LogP contribution in [0.3, 0.4) is 0 Å². The van der Waals surface area contributed by atoms with Crippen molar-refractivity contribution in [2.45, 2.75) is 44.2 Å². The van der Waals surface area contributed by atoms with Crippen molar-refractivity contribution >= 4 is 15.7 Å². The molecule has 1 heterocycles. The lowest BCUT2D eigenvalue weighted by Crippen LogP contribution is -2.48. The molecule has 1 aromatic rings. The Kier molecular flexibility index (Phi) is 5.64. The summed E-state index contributed by atoms with van der Waals surface area (Å²) in [5.41, 5.74) is 0. The van der Waals surface area contributed by atoms with Crippen molar-refractivity contribution < 1.29 is 35.5 Å². The number of nitrogens with zero attached hydrogens (tertiary/aromatic N) is 1. The molecule has 1 aliphatic carbocycles. The van der Waals surface area contributed by atoms with Crippen LogP contribution in [0.4, 0.5) is 17.6 Å². The number of ether oxygens (including phenoxy) is 1. The summed E-state index contributed by atoms with van der Waals surface area (Å²) < 4.78 is 82.2. The lowest BCUT2D eigenvalue weighted by molar-refractivity contribution is -0.138. The van der Waals surface area contributed by atoms with Crippen LogP contribution in [0.25, 0.3) is 0 Å². The number of benzene rings is 1. The van der Waals surface area contributed by atoms with Gasteiger partial charge in [0.05, 0.1) is 11.5 Å². The van der Waals surface area contributed by atoms with Gasteiger partial charge < -0.3 is 9.64 Å². The van der Waals surface area contributed by atoms with E-state index in [4.69, 9.17) is 4.74 Å². The number of carbonyl (C=O) groups is 1. The summed E-state index contributed by atoms with van der Waals surface area (Å²) >= 11 is 0. The standard InChI is InChI=1S/C17H19F4NO4S/c18-12-7-13(19)16(21)17(15(12)20)26-8-14(23)22(10-3-1-2-4-10)11-5-6-27(24,25)9-11/h7,10-11H,1-6,8-9H2. The van der Waals surface area contributed by atoms with Crippen LogP contribution in [0.15, 0.2) is 6.07 Å². The van der Waals surface area contributed by atoms with Crippen molar-refractivity contribution in [3.05, 3.63) is 29.3 Å². The van der Waals surface area contributed by atoms with Crippen LogP contribution < -0.4 is 4.74 Å². The third-order valence-electron chi connectivity index (χ3n) is 5.02. The van der Waals surface area contributed by atoms with Crippen LogP contribution in [-0.4, -0.2) is 49.4 Å². The fourth-order valence-electron chi connectivity index (χ4n) is 3.77. The molecule has 1 aliphatic heterocycles. The highest BCUT2D eigenvalue weighted by Gasteiger charge is 2.39. The Hall–Kier alpha value is -1.84. The minimum atomic E-state index is -3.25. The van der Waals surface area contributed by atoms with Gasteiger partial charge in [0.15, 0.2) is 33.8 Å². The van der Waals surface area contributed by atoms with E-state index in [-0.39, 0.29) is 30.0 Å². The summed E-state index contributed by atoms with van der Waals surface area (Å²) in [5.74, 6) is -8.88. The van der Waals surface area contributed by atoms with Crippen molar-refractivity contribution in [2.75, 3.05) is 18.1 Å². The van der Waals surface area contributed by atoms with Crippen LogP contribution in [0.5, 0.6) is 5.75 Å². The molecule has 0 radical (unpaired) electrons. The molecule has 2 aliphatic rings. The molecule has 1 aromatic carbocycles. The Balaban J connectivity index is 1.78. The molecule has 27 heavy (non-hydrogen) atoms. The summed E-state index contributed by atoms with van der Waals surface area (Å²) in [6, 6.07) is -0.667. The number of amides is 1. The monoisotopic (exact) mass is 409 g/mol. The van der Waals surface area contributed by atoms with Gasteiger partial charge in [0, 0.05) is 18.2 Å². The van der Waals surface area contributed by atoms with Gasteiger partial charge in [-0.3, -0.25) is 4.79 Å². The summed E-state index contributed by atoms with van der Waals surface area (Å²) in [6.07, 6.45) is 3.43. The number of hydrogen-bond acceptors (Lipinski definition) is 4. The second-order valence-corrected chi connectivity index (χ2v) is 9.11. The van der Waals surface area contributed by atoms with Crippen LogP contribution in [0, 0.1) is 23.3 Å².